The van der Waals surface area contributed by atoms with Gasteiger partial charge in [0.25, 0.3) is 0 Å². The zero-order valence-electron chi connectivity index (χ0n) is 11.0. The summed E-state index contributed by atoms with van der Waals surface area (Å²) in [6.45, 7) is 4.67. The van der Waals surface area contributed by atoms with Gasteiger partial charge in [-0.25, -0.2) is 9.37 Å². The fourth-order valence-corrected chi connectivity index (χ4v) is 1.59. The molecule has 1 aromatic heterocycles. The van der Waals surface area contributed by atoms with Crippen molar-refractivity contribution in [3.05, 3.63) is 47.7 Å². The normalized spacial score (nSPS) is 10.3. The first-order chi connectivity index (χ1) is 9.20. The van der Waals surface area contributed by atoms with Crippen LogP contribution in [0.15, 0.2) is 30.6 Å². The van der Waals surface area contributed by atoms with Crippen molar-refractivity contribution in [1.29, 1.82) is 0 Å². The largest absolute Gasteiger partial charge is 0.484 e. The van der Waals surface area contributed by atoms with E-state index in [1.165, 1.54) is 0 Å². The van der Waals surface area contributed by atoms with E-state index < -0.39 is 0 Å². The highest BCUT2D eigenvalue weighted by atomic mass is 19.1. The van der Waals surface area contributed by atoms with E-state index in [4.69, 9.17) is 4.74 Å². The molecular formula is C14H16FN3O. The number of hydrogen-bond acceptors (Lipinski definition) is 4. The molecule has 100 valence electrons. The Morgan fingerprint density at radius 2 is 2.11 bits per heavy atom. The smallest absolute Gasteiger partial charge is 0.167 e. The van der Waals surface area contributed by atoms with Gasteiger partial charge in [-0.05, 0) is 25.5 Å². The van der Waals surface area contributed by atoms with E-state index in [1.807, 2.05) is 6.92 Å². The van der Waals surface area contributed by atoms with Crippen LogP contribution in [-0.2, 0) is 6.61 Å². The Morgan fingerprint density at radius 3 is 2.79 bits per heavy atom. The maximum Gasteiger partial charge on any atom is 0.167 e. The van der Waals surface area contributed by atoms with Crippen LogP contribution >= 0.6 is 0 Å². The molecule has 0 spiro atoms. The molecule has 0 aliphatic heterocycles. The first-order valence-corrected chi connectivity index (χ1v) is 6.13. The van der Waals surface area contributed by atoms with Crippen molar-refractivity contribution in [2.75, 3.05) is 11.9 Å². The molecule has 0 bridgehead atoms. The highest BCUT2D eigenvalue weighted by Crippen LogP contribution is 2.20. The number of aryl methyl sites for hydroxylation is 1. The van der Waals surface area contributed by atoms with Crippen LogP contribution in [-0.4, -0.2) is 16.5 Å². The quantitative estimate of drug-likeness (QED) is 0.899. The summed E-state index contributed by atoms with van der Waals surface area (Å²) in [4.78, 5) is 8.37. The lowest BCUT2D eigenvalue weighted by Gasteiger charge is -2.08. The van der Waals surface area contributed by atoms with Gasteiger partial charge in [-0.2, -0.15) is 0 Å². The standard InChI is InChI=1S/C14H16FN3O/c1-3-16-13-8-17-11(7-18-13)9-19-12-6-4-5-10(2)14(12)15/h4-8H,3,9H2,1-2H3,(H,16,18). The maximum absolute atomic E-state index is 13.7. The third kappa shape index (κ3) is 3.40. The summed E-state index contributed by atoms with van der Waals surface area (Å²) in [5, 5.41) is 3.05. The fourth-order valence-electron chi connectivity index (χ4n) is 1.59. The summed E-state index contributed by atoms with van der Waals surface area (Å²) < 4.78 is 19.1. The number of anilines is 1. The molecule has 0 amide bonds. The van der Waals surface area contributed by atoms with Crippen LogP contribution < -0.4 is 10.1 Å². The number of nitrogens with one attached hydrogen (secondary N) is 1. The molecule has 0 atom stereocenters. The van der Waals surface area contributed by atoms with E-state index in [9.17, 15) is 4.39 Å². The average molecular weight is 261 g/mol. The molecule has 0 saturated heterocycles. The SMILES string of the molecule is CCNc1cnc(COc2cccc(C)c2F)cn1. The lowest BCUT2D eigenvalue weighted by Crippen LogP contribution is -2.04. The molecule has 19 heavy (non-hydrogen) atoms. The summed E-state index contributed by atoms with van der Waals surface area (Å²) in [6, 6.07) is 5.06. The first kappa shape index (κ1) is 13.3. The first-order valence-electron chi connectivity index (χ1n) is 6.13. The van der Waals surface area contributed by atoms with Gasteiger partial charge >= 0.3 is 0 Å². The average Bonchev–Trinajstić information content (AvgIpc) is 2.42. The second kappa shape index (κ2) is 6.13. The van der Waals surface area contributed by atoms with Crippen LogP contribution in [0.4, 0.5) is 10.2 Å². The minimum Gasteiger partial charge on any atom is -0.484 e. The van der Waals surface area contributed by atoms with E-state index in [0.29, 0.717) is 17.1 Å². The Labute approximate surface area is 111 Å². The second-order valence-corrected chi connectivity index (χ2v) is 4.10. The molecule has 0 aliphatic rings. The number of ether oxygens (including phenoxy) is 1. The van der Waals surface area contributed by atoms with Crippen LogP contribution in [0.2, 0.25) is 0 Å². The topological polar surface area (TPSA) is 47.0 Å². The van der Waals surface area contributed by atoms with Gasteiger partial charge in [0.15, 0.2) is 11.6 Å². The minimum absolute atomic E-state index is 0.194. The van der Waals surface area contributed by atoms with Crippen LogP contribution in [0.25, 0.3) is 0 Å². The number of aromatic nitrogens is 2. The van der Waals surface area contributed by atoms with E-state index in [0.717, 1.165) is 6.54 Å². The molecule has 0 radical (unpaired) electrons. The lowest BCUT2D eigenvalue weighted by atomic mass is 10.2. The predicted molar refractivity (Wildman–Crippen MR) is 71.7 cm³/mol. The molecule has 4 nitrogen and oxygen atoms in total. The highest BCUT2D eigenvalue weighted by molar-refractivity contribution is 5.31. The molecule has 2 aromatic rings. The Bertz CT molecular complexity index is 543. The molecule has 1 aromatic carbocycles. The molecule has 1 heterocycles. The maximum atomic E-state index is 13.7. The van der Waals surface area contributed by atoms with Crippen LogP contribution in [0.1, 0.15) is 18.2 Å². The molecule has 2 rings (SSSR count). The zero-order chi connectivity index (χ0) is 13.7. The third-order valence-electron chi connectivity index (χ3n) is 2.60. The fraction of sp³-hybridized carbons (Fsp3) is 0.286. The van der Waals surface area contributed by atoms with Gasteiger partial charge in [0, 0.05) is 6.54 Å². The lowest BCUT2D eigenvalue weighted by molar-refractivity contribution is 0.285. The second-order valence-electron chi connectivity index (χ2n) is 4.10. The third-order valence-corrected chi connectivity index (χ3v) is 2.60. The molecule has 1 N–H and O–H groups in total. The number of hydrogen-bond donors (Lipinski definition) is 1. The number of benzene rings is 1. The van der Waals surface area contributed by atoms with E-state index in [1.54, 1.807) is 37.5 Å². The van der Waals surface area contributed by atoms with E-state index >= 15 is 0 Å². The summed E-state index contributed by atoms with van der Waals surface area (Å²) in [5.41, 5.74) is 1.22. The Kier molecular flexibility index (Phi) is 4.28. The van der Waals surface area contributed by atoms with Gasteiger partial charge in [0.2, 0.25) is 0 Å². The highest BCUT2D eigenvalue weighted by Gasteiger charge is 2.06. The molecular weight excluding hydrogens is 245 g/mol. The number of nitrogens with zero attached hydrogens (tertiary/aromatic N) is 2. The van der Waals surface area contributed by atoms with Crippen molar-refractivity contribution >= 4 is 5.82 Å². The number of halogens is 1. The Hall–Kier alpha value is -2.17. The van der Waals surface area contributed by atoms with Gasteiger partial charge < -0.3 is 10.1 Å². The molecule has 0 unspecified atom stereocenters. The summed E-state index contributed by atoms with van der Waals surface area (Å²) in [5.74, 6) is 0.616. The zero-order valence-corrected chi connectivity index (χ0v) is 11.0. The van der Waals surface area contributed by atoms with Crippen LogP contribution in [0.5, 0.6) is 5.75 Å². The van der Waals surface area contributed by atoms with Crippen molar-refractivity contribution in [2.24, 2.45) is 0 Å². The van der Waals surface area contributed by atoms with Crippen molar-refractivity contribution < 1.29 is 9.13 Å². The summed E-state index contributed by atoms with van der Waals surface area (Å²) in [7, 11) is 0. The van der Waals surface area contributed by atoms with Gasteiger partial charge in [0.05, 0.1) is 18.1 Å². The van der Waals surface area contributed by atoms with Crippen LogP contribution in [0.3, 0.4) is 0 Å². The van der Waals surface area contributed by atoms with Crippen molar-refractivity contribution in [2.45, 2.75) is 20.5 Å². The van der Waals surface area contributed by atoms with Gasteiger partial charge in [-0.3, -0.25) is 4.98 Å². The Balaban J connectivity index is 2.00. The van der Waals surface area contributed by atoms with Gasteiger partial charge in [-0.15, -0.1) is 0 Å². The monoisotopic (exact) mass is 261 g/mol. The number of rotatable bonds is 5. The minimum atomic E-state index is -0.334. The van der Waals surface area contributed by atoms with Gasteiger partial charge in [0.1, 0.15) is 12.4 Å². The predicted octanol–water partition coefficient (Wildman–Crippen LogP) is 2.93. The van der Waals surface area contributed by atoms with Crippen molar-refractivity contribution in [3.63, 3.8) is 0 Å². The molecule has 0 aliphatic carbocycles. The summed E-state index contributed by atoms with van der Waals surface area (Å²) >= 11 is 0. The van der Waals surface area contributed by atoms with Crippen molar-refractivity contribution in [1.82, 2.24) is 9.97 Å². The van der Waals surface area contributed by atoms with E-state index in [2.05, 4.69) is 15.3 Å². The molecule has 0 saturated carbocycles. The molecule has 5 heteroatoms. The van der Waals surface area contributed by atoms with Crippen molar-refractivity contribution in [3.8, 4) is 5.75 Å². The van der Waals surface area contributed by atoms with Gasteiger partial charge in [-0.1, -0.05) is 12.1 Å². The van der Waals surface area contributed by atoms with E-state index in [-0.39, 0.29) is 18.2 Å². The Morgan fingerprint density at radius 1 is 1.26 bits per heavy atom. The van der Waals surface area contributed by atoms with Crippen LogP contribution in [0, 0.1) is 12.7 Å². The summed E-state index contributed by atoms with van der Waals surface area (Å²) in [6.07, 6.45) is 3.25. The molecule has 0 fully saturated rings.